The minimum Gasteiger partial charge on any atom is -0.273 e. The van der Waals surface area contributed by atoms with Crippen molar-refractivity contribution in [3.63, 3.8) is 0 Å². The molecule has 0 bridgehead atoms. The van der Waals surface area contributed by atoms with E-state index in [9.17, 15) is 9.59 Å². The van der Waals surface area contributed by atoms with Crippen LogP contribution in [0.4, 0.5) is 11.4 Å². The molecule has 0 spiro atoms. The van der Waals surface area contributed by atoms with Crippen molar-refractivity contribution in [1.82, 2.24) is 0 Å². The fourth-order valence-electron chi connectivity index (χ4n) is 4.98. The first-order valence-corrected chi connectivity index (χ1v) is 12.3. The van der Waals surface area contributed by atoms with E-state index in [-0.39, 0.29) is 5.91 Å². The monoisotopic (exact) mass is 514 g/mol. The van der Waals surface area contributed by atoms with Gasteiger partial charge in [-0.25, -0.2) is 9.96 Å². The van der Waals surface area contributed by atoms with Crippen molar-refractivity contribution in [2.45, 2.75) is 12.1 Å². The zero-order valence-electron chi connectivity index (χ0n) is 18.9. The Morgan fingerprint density at radius 3 is 2.06 bits per heavy atom. The second-order valence-corrected chi connectivity index (χ2v) is 9.60. The van der Waals surface area contributed by atoms with Gasteiger partial charge < -0.3 is 0 Å². The molecule has 4 aromatic carbocycles. The molecule has 2 fully saturated rings. The Bertz CT molecular complexity index is 1460. The standard InChI is InChI=1S/C29H20Cl2N2O3/c30-20-14-15-23(24(31)17-20)26-25-27(36-33(26)21-11-5-2-6-12-21)29(35)32(28(25)34)22-13-7-10-19(16-22)18-8-3-1-4-9-18/h1-17,25-27H/t25-,26-,27+/m0/s1. The summed E-state index contributed by atoms with van der Waals surface area (Å²) >= 11 is 12.8. The zero-order chi connectivity index (χ0) is 24.8. The normalized spacial score (nSPS) is 21.2. The number of para-hydroxylation sites is 1. The molecule has 0 unspecified atom stereocenters. The molecule has 3 atom stereocenters. The Morgan fingerprint density at radius 1 is 0.667 bits per heavy atom. The number of nitrogens with zero attached hydrogens (tertiary/aromatic N) is 2. The highest BCUT2D eigenvalue weighted by molar-refractivity contribution is 6.35. The van der Waals surface area contributed by atoms with E-state index in [2.05, 4.69) is 0 Å². The summed E-state index contributed by atoms with van der Waals surface area (Å²) in [5.74, 6) is -1.51. The first-order chi connectivity index (χ1) is 17.5. The highest BCUT2D eigenvalue weighted by Crippen LogP contribution is 2.49. The summed E-state index contributed by atoms with van der Waals surface area (Å²) in [6, 6.07) is 31.1. The quantitative estimate of drug-likeness (QED) is 0.284. The lowest BCUT2D eigenvalue weighted by Gasteiger charge is -2.29. The molecule has 0 N–H and O–H groups in total. The lowest BCUT2D eigenvalue weighted by molar-refractivity contribution is -0.126. The van der Waals surface area contributed by atoms with Gasteiger partial charge in [-0.1, -0.05) is 89.9 Å². The van der Waals surface area contributed by atoms with Gasteiger partial charge in [-0.2, -0.15) is 0 Å². The molecule has 0 aromatic heterocycles. The van der Waals surface area contributed by atoms with Gasteiger partial charge in [0.25, 0.3) is 5.91 Å². The van der Waals surface area contributed by atoms with Crippen molar-refractivity contribution in [2.75, 3.05) is 9.96 Å². The number of hydroxylamine groups is 1. The van der Waals surface area contributed by atoms with Gasteiger partial charge in [0.15, 0.2) is 6.10 Å². The number of imide groups is 1. The molecule has 2 heterocycles. The highest BCUT2D eigenvalue weighted by Gasteiger charge is 2.60. The minimum absolute atomic E-state index is 0.329. The molecule has 0 radical (unpaired) electrons. The Morgan fingerprint density at radius 2 is 1.33 bits per heavy atom. The molecular weight excluding hydrogens is 495 g/mol. The highest BCUT2D eigenvalue weighted by atomic mass is 35.5. The van der Waals surface area contributed by atoms with Crippen LogP contribution in [0.1, 0.15) is 11.6 Å². The van der Waals surface area contributed by atoms with Crippen molar-refractivity contribution in [3.05, 3.63) is 119 Å². The maximum absolute atomic E-state index is 13.9. The largest absolute Gasteiger partial charge is 0.273 e. The van der Waals surface area contributed by atoms with E-state index in [1.54, 1.807) is 29.3 Å². The average Bonchev–Trinajstić information content (AvgIpc) is 3.41. The van der Waals surface area contributed by atoms with Crippen molar-refractivity contribution in [2.24, 2.45) is 5.92 Å². The van der Waals surface area contributed by atoms with E-state index in [0.717, 1.165) is 16.8 Å². The second kappa shape index (κ2) is 9.10. The summed E-state index contributed by atoms with van der Waals surface area (Å²) in [7, 11) is 0. The number of hydrogen-bond donors (Lipinski definition) is 0. The first-order valence-electron chi connectivity index (χ1n) is 11.5. The van der Waals surface area contributed by atoms with Gasteiger partial charge in [0.1, 0.15) is 5.92 Å². The van der Waals surface area contributed by atoms with Crippen LogP contribution in [-0.2, 0) is 14.4 Å². The Kier molecular flexibility index (Phi) is 5.76. The summed E-state index contributed by atoms with van der Waals surface area (Å²) in [5, 5.41) is 2.51. The molecule has 7 heteroatoms. The summed E-state index contributed by atoms with van der Waals surface area (Å²) in [6.07, 6.45) is -0.977. The maximum Gasteiger partial charge on any atom is 0.266 e. The summed E-state index contributed by atoms with van der Waals surface area (Å²) in [5.41, 5.74) is 3.81. The van der Waals surface area contributed by atoms with E-state index in [1.165, 1.54) is 4.90 Å². The molecule has 2 saturated heterocycles. The van der Waals surface area contributed by atoms with Crippen molar-refractivity contribution in [3.8, 4) is 11.1 Å². The molecule has 4 aromatic rings. The average molecular weight is 515 g/mol. The molecule has 0 saturated carbocycles. The predicted octanol–water partition coefficient (Wildman–Crippen LogP) is 6.71. The molecule has 5 nitrogen and oxygen atoms in total. The fourth-order valence-corrected chi connectivity index (χ4v) is 5.50. The van der Waals surface area contributed by atoms with Gasteiger partial charge in [-0.15, -0.1) is 0 Å². The molecule has 178 valence electrons. The molecule has 2 amide bonds. The number of fused-ring (bicyclic) bond motifs is 1. The molecule has 2 aliphatic rings. The molecule has 6 rings (SSSR count). The first kappa shape index (κ1) is 22.8. The molecular formula is C29H20Cl2N2O3. The number of benzene rings is 4. The van der Waals surface area contributed by atoms with Crippen LogP contribution in [0, 0.1) is 5.92 Å². The topological polar surface area (TPSA) is 49.9 Å². The summed E-state index contributed by atoms with van der Waals surface area (Å²) in [4.78, 5) is 35.0. The summed E-state index contributed by atoms with van der Waals surface area (Å²) in [6.45, 7) is 0. The number of hydrogen-bond acceptors (Lipinski definition) is 4. The van der Waals surface area contributed by atoms with Gasteiger partial charge >= 0.3 is 0 Å². The zero-order valence-corrected chi connectivity index (χ0v) is 20.4. The molecule has 2 aliphatic heterocycles. The Hall–Kier alpha value is -3.64. The number of carbonyl (C=O) groups is 2. The number of amides is 2. The van der Waals surface area contributed by atoms with Crippen LogP contribution in [0.3, 0.4) is 0 Å². The third-order valence-electron chi connectivity index (χ3n) is 6.62. The number of halogens is 2. The van der Waals surface area contributed by atoms with Gasteiger partial charge in [-0.3, -0.25) is 14.4 Å². The van der Waals surface area contributed by atoms with Crippen LogP contribution in [0.25, 0.3) is 11.1 Å². The van der Waals surface area contributed by atoms with Crippen LogP contribution in [-0.4, -0.2) is 17.9 Å². The van der Waals surface area contributed by atoms with E-state index in [4.69, 9.17) is 28.0 Å². The third-order valence-corrected chi connectivity index (χ3v) is 7.18. The van der Waals surface area contributed by atoms with Crippen LogP contribution in [0.2, 0.25) is 10.0 Å². The smallest absolute Gasteiger partial charge is 0.266 e. The lowest BCUT2D eigenvalue weighted by Crippen LogP contribution is -2.37. The van der Waals surface area contributed by atoms with Crippen molar-refractivity contribution < 1.29 is 14.4 Å². The third kappa shape index (κ3) is 3.77. The second-order valence-electron chi connectivity index (χ2n) is 8.75. The van der Waals surface area contributed by atoms with Gasteiger partial charge in [-0.05, 0) is 53.1 Å². The van der Waals surface area contributed by atoms with Crippen LogP contribution in [0.15, 0.2) is 103 Å². The van der Waals surface area contributed by atoms with Gasteiger partial charge in [0.2, 0.25) is 5.91 Å². The van der Waals surface area contributed by atoms with E-state index >= 15 is 0 Å². The Labute approximate surface area is 218 Å². The van der Waals surface area contributed by atoms with E-state index in [1.807, 2.05) is 78.9 Å². The van der Waals surface area contributed by atoms with Gasteiger partial charge in [0, 0.05) is 10.0 Å². The van der Waals surface area contributed by atoms with E-state index in [0.29, 0.717) is 21.3 Å². The fraction of sp³-hybridized carbons (Fsp3) is 0.103. The number of carbonyl (C=O) groups excluding carboxylic acids is 2. The van der Waals surface area contributed by atoms with Crippen LogP contribution >= 0.6 is 23.2 Å². The van der Waals surface area contributed by atoms with Crippen LogP contribution in [0.5, 0.6) is 0 Å². The van der Waals surface area contributed by atoms with Crippen molar-refractivity contribution in [1.29, 1.82) is 0 Å². The predicted molar refractivity (Wildman–Crippen MR) is 141 cm³/mol. The summed E-state index contributed by atoms with van der Waals surface area (Å²) < 4.78 is 0. The molecule has 36 heavy (non-hydrogen) atoms. The maximum atomic E-state index is 13.9. The number of anilines is 2. The lowest BCUT2D eigenvalue weighted by atomic mass is 9.90. The Balaban J connectivity index is 1.42. The van der Waals surface area contributed by atoms with Gasteiger partial charge in [0.05, 0.1) is 17.4 Å². The van der Waals surface area contributed by atoms with Crippen LogP contribution < -0.4 is 9.96 Å². The van der Waals surface area contributed by atoms with Crippen molar-refractivity contribution >= 4 is 46.4 Å². The molecule has 0 aliphatic carbocycles. The number of rotatable bonds is 4. The minimum atomic E-state index is -0.977. The van der Waals surface area contributed by atoms with E-state index < -0.39 is 24.0 Å². The SMILES string of the molecule is O=C1[C@@H]2[C@@H](ON(c3ccccc3)[C@H]2c2ccc(Cl)cc2Cl)C(=O)N1c1cccc(-c2ccccc2)c1.